The Kier molecular flexibility index (Phi) is 5.46. The van der Waals surface area contributed by atoms with Crippen molar-refractivity contribution in [3.63, 3.8) is 0 Å². The number of carbonyl (C=O) groups is 1. The summed E-state index contributed by atoms with van der Waals surface area (Å²) in [6.07, 6.45) is 3.22. The third kappa shape index (κ3) is 3.93. The minimum atomic E-state index is -0.155. The van der Waals surface area contributed by atoms with Gasteiger partial charge in [0.2, 0.25) is 5.91 Å². The zero-order valence-electron chi connectivity index (χ0n) is 14.0. The van der Waals surface area contributed by atoms with Crippen LogP contribution < -0.4 is 10.1 Å². The summed E-state index contributed by atoms with van der Waals surface area (Å²) < 4.78 is 5.43. The highest BCUT2D eigenvalue weighted by Crippen LogP contribution is 2.41. The lowest BCUT2D eigenvalue weighted by Gasteiger charge is -2.43. The van der Waals surface area contributed by atoms with E-state index in [0.29, 0.717) is 12.4 Å². The molecule has 2 aromatic carbocycles. The molecule has 1 N–H and O–H groups in total. The van der Waals surface area contributed by atoms with Gasteiger partial charge in [-0.05, 0) is 56.0 Å². The highest BCUT2D eigenvalue weighted by molar-refractivity contribution is 8.00. The zero-order chi connectivity index (χ0) is 16.8. The van der Waals surface area contributed by atoms with E-state index < -0.39 is 0 Å². The number of carbonyl (C=O) groups excluding carboxylic acids is 1. The molecule has 1 fully saturated rings. The Morgan fingerprint density at radius 1 is 1.12 bits per heavy atom. The molecule has 0 heterocycles. The minimum absolute atomic E-state index is 0.0948. The zero-order valence-corrected chi connectivity index (χ0v) is 14.8. The van der Waals surface area contributed by atoms with Gasteiger partial charge in [-0.3, -0.25) is 4.79 Å². The molecule has 0 atom stereocenters. The first-order valence-electron chi connectivity index (χ1n) is 8.44. The van der Waals surface area contributed by atoms with Gasteiger partial charge in [0.25, 0.3) is 0 Å². The summed E-state index contributed by atoms with van der Waals surface area (Å²) in [5, 5.41) is 3.26. The Morgan fingerprint density at radius 2 is 1.83 bits per heavy atom. The largest absolute Gasteiger partial charge is 0.494 e. The normalized spacial score (nSPS) is 15.4. The van der Waals surface area contributed by atoms with E-state index in [-0.39, 0.29) is 11.4 Å². The summed E-state index contributed by atoms with van der Waals surface area (Å²) in [4.78, 5) is 13.5. The summed E-state index contributed by atoms with van der Waals surface area (Å²) in [5.41, 5.74) is 1.06. The molecule has 3 nitrogen and oxygen atoms in total. The fraction of sp³-hybridized carbons (Fsp3) is 0.350. The van der Waals surface area contributed by atoms with Gasteiger partial charge >= 0.3 is 0 Å². The second kappa shape index (κ2) is 7.75. The van der Waals surface area contributed by atoms with Crippen molar-refractivity contribution in [2.75, 3.05) is 12.4 Å². The average molecular weight is 341 g/mol. The lowest BCUT2D eigenvalue weighted by atomic mass is 9.72. The average Bonchev–Trinajstić information content (AvgIpc) is 2.58. The number of rotatable bonds is 7. The molecule has 0 saturated heterocycles. The van der Waals surface area contributed by atoms with Crippen LogP contribution in [-0.4, -0.2) is 18.3 Å². The number of thioether (sulfide) groups is 1. The molecular formula is C20H23NO2S. The molecule has 0 aliphatic heterocycles. The van der Waals surface area contributed by atoms with Crippen molar-refractivity contribution in [3.05, 3.63) is 60.2 Å². The highest BCUT2D eigenvalue weighted by Gasteiger charge is 2.39. The van der Waals surface area contributed by atoms with E-state index in [1.807, 2.05) is 49.4 Å². The number of hydrogen-bond acceptors (Lipinski definition) is 3. The Labute approximate surface area is 147 Å². The van der Waals surface area contributed by atoms with Gasteiger partial charge < -0.3 is 10.1 Å². The quantitative estimate of drug-likeness (QED) is 0.760. The van der Waals surface area contributed by atoms with Crippen LogP contribution in [0, 0.1) is 0 Å². The van der Waals surface area contributed by atoms with Crippen LogP contribution in [0.1, 0.15) is 31.7 Å². The monoisotopic (exact) mass is 341 g/mol. The molecule has 4 heteroatoms. The molecule has 0 bridgehead atoms. The van der Waals surface area contributed by atoms with Gasteiger partial charge in [-0.1, -0.05) is 30.3 Å². The molecule has 0 unspecified atom stereocenters. The molecule has 3 rings (SSSR count). The van der Waals surface area contributed by atoms with Crippen LogP contribution >= 0.6 is 11.8 Å². The molecule has 24 heavy (non-hydrogen) atoms. The molecule has 1 aliphatic rings. The standard InChI is InChI=1S/C20H23NO2S/c1-2-23-17-9-11-18(12-10-17)24-15-19(22)21-20(13-6-14-20)16-7-4-3-5-8-16/h3-5,7-12H,2,6,13-15H2,1H3,(H,21,22). The van der Waals surface area contributed by atoms with Crippen LogP contribution in [0.15, 0.2) is 59.5 Å². The van der Waals surface area contributed by atoms with Gasteiger partial charge in [-0.2, -0.15) is 0 Å². The van der Waals surface area contributed by atoms with Crippen molar-refractivity contribution < 1.29 is 9.53 Å². The van der Waals surface area contributed by atoms with Crippen molar-refractivity contribution >= 4 is 17.7 Å². The third-order valence-corrected chi connectivity index (χ3v) is 5.43. The van der Waals surface area contributed by atoms with Crippen LogP contribution in [0.3, 0.4) is 0 Å². The fourth-order valence-corrected chi connectivity index (χ4v) is 3.72. The predicted molar refractivity (Wildman–Crippen MR) is 98.4 cm³/mol. The lowest BCUT2D eigenvalue weighted by Crippen LogP contribution is -2.51. The Bertz CT molecular complexity index is 666. The summed E-state index contributed by atoms with van der Waals surface area (Å²) in [5.74, 6) is 1.39. The number of ether oxygens (including phenoxy) is 1. The molecule has 126 valence electrons. The van der Waals surface area contributed by atoms with E-state index in [0.717, 1.165) is 23.5 Å². The smallest absolute Gasteiger partial charge is 0.231 e. The Balaban J connectivity index is 1.55. The summed E-state index contributed by atoms with van der Waals surface area (Å²) in [7, 11) is 0. The summed E-state index contributed by atoms with van der Waals surface area (Å²) in [6.45, 7) is 2.63. The van der Waals surface area contributed by atoms with E-state index in [9.17, 15) is 4.79 Å². The van der Waals surface area contributed by atoms with E-state index in [2.05, 4.69) is 17.4 Å². The maximum Gasteiger partial charge on any atom is 0.231 e. The Morgan fingerprint density at radius 3 is 2.42 bits per heavy atom. The van der Waals surface area contributed by atoms with Crippen LogP contribution in [0.4, 0.5) is 0 Å². The first-order valence-corrected chi connectivity index (χ1v) is 9.43. The molecule has 0 radical (unpaired) electrons. The van der Waals surface area contributed by atoms with Crippen LogP contribution in [-0.2, 0) is 10.3 Å². The maximum absolute atomic E-state index is 12.4. The van der Waals surface area contributed by atoms with Crippen molar-refractivity contribution in [3.8, 4) is 5.75 Å². The first-order chi connectivity index (χ1) is 11.7. The van der Waals surface area contributed by atoms with Gasteiger partial charge in [0.05, 0.1) is 17.9 Å². The molecule has 1 aliphatic carbocycles. The third-order valence-electron chi connectivity index (χ3n) is 4.42. The molecule has 0 spiro atoms. The molecule has 0 aromatic heterocycles. The van der Waals surface area contributed by atoms with E-state index >= 15 is 0 Å². The first kappa shape index (κ1) is 16.9. The van der Waals surface area contributed by atoms with Crippen molar-refractivity contribution in [2.45, 2.75) is 36.6 Å². The molecular weight excluding hydrogens is 318 g/mol. The van der Waals surface area contributed by atoms with Crippen LogP contribution in [0.25, 0.3) is 0 Å². The summed E-state index contributed by atoms with van der Waals surface area (Å²) >= 11 is 1.56. The SMILES string of the molecule is CCOc1ccc(SCC(=O)NC2(c3ccccc3)CCC2)cc1. The van der Waals surface area contributed by atoms with Gasteiger partial charge in [0.1, 0.15) is 5.75 Å². The van der Waals surface area contributed by atoms with Gasteiger partial charge in [-0.15, -0.1) is 11.8 Å². The van der Waals surface area contributed by atoms with E-state index in [1.165, 1.54) is 12.0 Å². The van der Waals surface area contributed by atoms with E-state index in [4.69, 9.17) is 4.74 Å². The van der Waals surface area contributed by atoms with Crippen molar-refractivity contribution in [2.24, 2.45) is 0 Å². The minimum Gasteiger partial charge on any atom is -0.494 e. The number of benzene rings is 2. The number of amides is 1. The highest BCUT2D eigenvalue weighted by atomic mass is 32.2. The van der Waals surface area contributed by atoms with E-state index in [1.54, 1.807) is 11.8 Å². The second-order valence-corrected chi connectivity index (χ2v) is 7.09. The molecule has 1 amide bonds. The van der Waals surface area contributed by atoms with Crippen LogP contribution in [0.5, 0.6) is 5.75 Å². The Hall–Kier alpha value is -1.94. The van der Waals surface area contributed by atoms with Crippen molar-refractivity contribution in [1.29, 1.82) is 0 Å². The summed E-state index contributed by atoms with van der Waals surface area (Å²) in [6, 6.07) is 18.2. The molecule has 2 aromatic rings. The number of hydrogen-bond donors (Lipinski definition) is 1. The maximum atomic E-state index is 12.4. The molecule has 1 saturated carbocycles. The predicted octanol–water partition coefficient (Wildman–Crippen LogP) is 4.37. The lowest BCUT2D eigenvalue weighted by molar-refractivity contribution is -0.121. The van der Waals surface area contributed by atoms with Crippen molar-refractivity contribution in [1.82, 2.24) is 5.32 Å². The van der Waals surface area contributed by atoms with Gasteiger partial charge in [0, 0.05) is 4.90 Å². The fourth-order valence-electron chi connectivity index (χ4n) is 3.02. The topological polar surface area (TPSA) is 38.3 Å². The van der Waals surface area contributed by atoms with Gasteiger partial charge in [-0.25, -0.2) is 0 Å². The second-order valence-electron chi connectivity index (χ2n) is 6.04. The van der Waals surface area contributed by atoms with Crippen LogP contribution in [0.2, 0.25) is 0 Å². The van der Waals surface area contributed by atoms with Gasteiger partial charge in [0.15, 0.2) is 0 Å². The number of nitrogens with one attached hydrogen (secondary N) is 1.